The monoisotopic (exact) mass is 370 g/mol. The molecule has 1 saturated heterocycles. The fourth-order valence-electron chi connectivity index (χ4n) is 4.08. The highest BCUT2D eigenvalue weighted by Crippen LogP contribution is 2.41. The lowest BCUT2D eigenvalue weighted by Gasteiger charge is -2.35. The van der Waals surface area contributed by atoms with Crippen LogP contribution in [0, 0.1) is 18.7 Å². The van der Waals surface area contributed by atoms with Gasteiger partial charge in [-0.15, -0.1) is 0 Å². The Balaban J connectivity index is 1.45. The average Bonchev–Trinajstić information content (AvgIpc) is 3.41. The molecule has 2 fully saturated rings. The first-order chi connectivity index (χ1) is 13.1. The molecule has 2 aliphatic heterocycles. The number of hydrogen-bond donors (Lipinski definition) is 1. The van der Waals surface area contributed by atoms with Crippen LogP contribution < -0.4 is 10.2 Å². The molecule has 142 valence electrons. The van der Waals surface area contributed by atoms with E-state index in [1.54, 1.807) is 0 Å². The maximum absolute atomic E-state index is 13.2. The van der Waals surface area contributed by atoms with Gasteiger partial charge in [0.25, 0.3) is 0 Å². The second-order valence-electron chi connectivity index (χ2n) is 7.93. The number of nitrogens with one attached hydrogen (secondary N) is 1. The van der Waals surface area contributed by atoms with Gasteiger partial charge in [-0.25, -0.2) is 24.3 Å². The molecule has 27 heavy (non-hydrogen) atoms. The average molecular weight is 370 g/mol. The van der Waals surface area contributed by atoms with Crippen LogP contribution in [0.5, 0.6) is 0 Å². The summed E-state index contributed by atoms with van der Waals surface area (Å²) in [6, 6.07) is 0. The van der Waals surface area contributed by atoms with Gasteiger partial charge in [0.2, 0.25) is 11.9 Å². The van der Waals surface area contributed by atoms with E-state index in [1.807, 2.05) is 6.92 Å². The number of hydrogen-bond acceptors (Lipinski definition) is 7. The van der Waals surface area contributed by atoms with Crippen molar-refractivity contribution in [3.05, 3.63) is 35.2 Å². The molecule has 0 aromatic carbocycles. The zero-order valence-corrected chi connectivity index (χ0v) is 15.4. The van der Waals surface area contributed by atoms with Crippen LogP contribution in [0.25, 0.3) is 0 Å². The van der Waals surface area contributed by atoms with Gasteiger partial charge in [-0.05, 0) is 32.1 Å². The van der Waals surface area contributed by atoms with Gasteiger partial charge < -0.3 is 15.0 Å². The molecule has 7 nitrogen and oxygen atoms in total. The SMILES string of the molecule is Cc1nc(NCC2CC2)nc2c1COCC21CCN(c2ncc(F)cn2)C1. The molecule has 2 aromatic rings. The summed E-state index contributed by atoms with van der Waals surface area (Å²) in [7, 11) is 0. The highest BCUT2D eigenvalue weighted by atomic mass is 19.1. The molecule has 0 radical (unpaired) electrons. The number of fused-ring (bicyclic) bond motifs is 2. The van der Waals surface area contributed by atoms with Crippen molar-refractivity contribution in [2.75, 3.05) is 36.5 Å². The fraction of sp³-hybridized carbons (Fsp3) is 0.579. The van der Waals surface area contributed by atoms with Crippen molar-refractivity contribution >= 4 is 11.9 Å². The van der Waals surface area contributed by atoms with Gasteiger partial charge in [0.15, 0.2) is 5.82 Å². The molecular formula is C19H23FN6O. The van der Waals surface area contributed by atoms with Crippen LogP contribution >= 0.6 is 0 Å². The van der Waals surface area contributed by atoms with Crippen molar-refractivity contribution in [1.29, 1.82) is 0 Å². The lowest BCUT2D eigenvalue weighted by atomic mass is 9.80. The third-order valence-electron chi connectivity index (χ3n) is 5.83. The van der Waals surface area contributed by atoms with Crippen LogP contribution in [0.1, 0.15) is 36.2 Å². The van der Waals surface area contributed by atoms with Crippen LogP contribution in [0.3, 0.4) is 0 Å². The minimum absolute atomic E-state index is 0.199. The summed E-state index contributed by atoms with van der Waals surface area (Å²) >= 11 is 0. The van der Waals surface area contributed by atoms with Crippen molar-refractivity contribution in [2.45, 2.75) is 38.2 Å². The number of halogens is 1. The first-order valence-corrected chi connectivity index (χ1v) is 9.55. The predicted molar refractivity (Wildman–Crippen MR) is 98.1 cm³/mol. The third-order valence-corrected chi connectivity index (χ3v) is 5.83. The zero-order valence-electron chi connectivity index (χ0n) is 15.4. The smallest absolute Gasteiger partial charge is 0.225 e. The number of nitrogens with zero attached hydrogens (tertiary/aromatic N) is 5. The Kier molecular flexibility index (Phi) is 3.96. The summed E-state index contributed by atoms with van der Waals surface area (Å²) in [5, 5.41) is 3.41. The van der Waals surface area contributed by atoms with E-state index in [2.05, 4.69) is 25.2 Å². The lowest BCUT2D eigenvalue weighted by molar-refractivity contribution is 0.0552. The molecule has 3 aliphatic rings. The quantitative estimate of drug-likeness (QED) is 0.884. The van der Waals surface area contributed by atoms with E-state index in [0.29, 0.717) is 25.7 Å². The van der Waals surface area contributed by atoms with Crippen molar-refractivity contribution in [3.63, 3.8) is 0 Å². The largest absolute Gasteiger partial charge is 0.376 e. The lowest BCUT2D eigenvalue weighted by Crippen LogP contribution is -2.41. The zero-order chi connectivity index (χ0) is 18.4. The minimum Gasteiger partial charge on any atom is -0.376 e. The second kappa shape index (κ2) is 6.37. The van der Waals surface area contributed by atoms with E-state index in [1.165, 1.54) is 25.2 Å². The summed E-state index contributed by atoms with van der Waals surface area (Å²) in [6.45, 7) is 5.65. The summed E-state index contributed by atoms with van der Waals surface area (Å²) in [4.78, 5) is 19.9. The molecule has 4 heterocycles. The van der Waals surface area contributed by atoms with E-state index in [0.717, 1.165) is 48.3 Å². The Morgan fingerprint density at radius 3 is 2.89 bits per heavy atom. The van der Waals surface area contributed by atoms with Crippen LogP contribution in [0.4, 0.5) is 16.3 Å². The third kappa shape index (κ3) is 3.12. The van der Waals surface area contributed by atoms with E-state index in [9.17, 15) is 4.39 Å². The van der Waals surface area contributed by atoms with Gasteiger partial charge in [-0.1, -0.05) is 0 Å². The first kappa shape index (κ1) is 16.8. The molecule has 1 unspecified atom stereocenters. The molecule has 1 aliphatic carbocycles. The maximum Gasteiger partial charge on any atom is 0.225 e. The molecule has 0 bridgehead atoms. The van der Waals surface area contributed by atoms with Crippen molar-refractivity contribution in [3.8, 4) is 0 Å². The normalized spacial score (nSPS) is 24.3. The summed E-state index contributed by atoms with van der Waals surface area (Å²) in [5.41, 5.74) is 2.97. The van der Waals surface area contributed by atoms with Crippen molar-refractivity contribution in [2.24, 2.45) is 5.92 Å². The number of aromatic nitrogens is 4. The number of anilines is 2. The molecular weight excluding hydrogens is 347 g/mol. The Labute approximate surface area is 157 Å². The van der Waals surface area contributed by atoms with E-state index in [4.69, 9.17) is 9.72 Å². The van der Waals surface area contributed by atoms with E-state index >= 15 is 0 Å². The van der Waals surface area contributed by atoms with E-state index in [-0.39, 0.29) is 5.41 Å². The van der Waals surface area contributed by atoms with Crippen molar-refractivity contribution < 1.29 is 9.13 Å². The molecule has 1 atom stereocenters. The molecule has 1 saturated carbocycles. The molecule has 5 rings (SSSR count). The van der Waals surface area contributed by atoms with Gasteiger partial charge >= 0.3 is 0 Å². The minimum atomic E-state index is -0.422. The number of rotatable bonds is 4. The van der Waals surface area contributed by atoms with Gasteiger partial charge in [-0.2, -0.15) is 0 Å². The maximum atomic E-state index is 13.2. The van der Waals surface area contributed by atoms with Gasteiger partial charge in [0.1, 0.15) is 0 Å². The summed E-state index contributed by atoms with van der Waals surface area (Å²) in [5.74, 6) is 1.61. The fourth-order valence-corrected chi connectivity index (χ4v) is 4.08. The number of aryl methyl sites for hydroxylation is 1. The highest BCUT2D eigenvalue weighted by molar-refractivity contribution is 5.44. The van der Waals surface area contributed by atoms with Gasteiger partial charge in [-0.3, -0.25) is 0 Å². The second-order valence-corrected chi connectivity index (χ2v) is 7.93. The standard InChI is InChI=1S/C19H23FN6O/c1-12-15-9-27-11-19(16(15)25-17(24-12)21-6-13-2-3-13)4-5-26(10-19)18-22-7-14(20)8-23-18/h7-8,13H,2-6,9-11H2,1H3,(H,21,24,25). The number of ether oxygens (including phenoxy) is 1. The summed E-state index contributed by atoms with van der Waals surface area (Å²) < 4.78 is 19.1. The Morgan fingerprint density at radius 1 is 1.30 bits per heavy atom. The highest BCUT2D eigenvalue weighted by Gasteiger charge is 2.46. The first-order valence-electron chi connectivity index (χ1n) is 9.55. The van der Waals surface area contributed by atoms with Crippen molar-refractivity contribution in [1.82, 2.24) is 19.9 Å². The Bertz CT molecular complexity index is 856. The topological polar surface area (TPSA) is 76.1 Å². The Morgan fingerprint density at radius 2 is 2.11 bits per heavy atom. The Hall–Kier alpha value is -2.35. The molecule has 8 heteroatoms. The summed E-state index contributed by atoms with van der Waals surface area (Å²) in [6.07, 6.45) is 5.91. The van der Waals surface area contributed by atoms with Crippen LogP contribution in [-0.4, -0.2) is 46.2 Å². The predicted octanol–water partition coefficient (Wildman–Crippen LogP) is 2.21. The molecule has 2 aromatic heterocycles. The molecule has 0 amide bonds. The molecule has 1 spiro atoms. The van der Waals surface area contributed by atoms with Crippen LogP contribution in [0.2, 0.25) is 0 Å². The van der Waals surface area contributed by atoms with Crippen LogP contribution in [-0.2, 0) is 16.8 Å². The van der Waals surface area contributed by atoms with Gasteiger partial charge in [0.05, 0.1) is 36.7 Å². The van der Waals surface area contributed by atoms with Gasteiger partial charge in [0, 0.05) is 30.9 Å². The molecule has 1 N–H and O–H groups in total. The van der Waals surface area contributed by atoms with E-state index < -0.39 is 5.82 Å². The van der Waals surface area contributed by atoms with Crippen LogP contribution in [0.15, 0.2) is 12.4 Å².